The maximum atomic E-state index is 9.35. The minimum absolute atomic E-state index is 0.0402. The van der Waals surface area contributed by atoms with E-state index >= 15 is 0 Å². The first-order valence-electron chi connectivity index (χ1n) is 6.98. The molecule has 0 aliphatic rings. The van der Waals surface area contributed by atoms with Crippen LogP contribution in [0.1, 0.15) is 0 Å². The second-order valence-electron chi connectivity index (χ2n) is 3.46. The molecule has 8 nitrogen and oxygen atoms in total. The summed E-state index contributed by atoms with van der Waals surface area (Å²) in [5.41, 5.74) is 0. The molecule has 0 unspecified atom stereocenters. The van der Waals surface area contributed by atoms with Gasteiger partial charge in [-0.2, -0.15) is 0 Å². The number of hydrogen-bond acceptors (Lipinski definition) is 11. The number of benzene rings is 1. The highest BCUT2D eigenvalue weighted by molar-refractivity contribution is 7.95. The first-order chi connectivity index (χ1) is 12.3. The Kier molecular flexibility index (Phi) is 27.2. The maximum Gasteiger partial charge on any atom is 0.305 e. The van der Waals surface area contributed by atoms with E-state index in [1.807, 2.05) is 18.2 Å². The molecule has 0 saturated carbocycles. The maximum absolute atomic E-state index is 9.35. The fourth-order valence-electron chi connectivity index (χ4n) is 0.844. The number of carbonyl (C=O) groups is 1. The summed E-state index contributed by atoms with van der Waals surface area (Å²) >= 11 is 3.27. The van der Waals surface area contributed by atoms with Crippen LogP contribution in [-0.4, -0.2) is 66.0 Å². The molecule has 0 spiro atoms. The van der Waals surface area contributed by atoms with Crippen molar-refractivity contribution >= 4 is 42.6 Å². The number of hydrogen-bond donors (Lipinski definition) is 3. The summed E-state index contributed by atoms with van der Waals surface area (Å²) in [6.45, 7) is 0.653. The monoisotopic (exact) mass is 416 g/mol. The summed E-state index contributed by atoms with van der Waals surface area (Å²) in [6, 6.07) is 9.19. The van der Waals surface area contributed by atoms with Gasteiger partial charge >= 0.3 is 6.47 Å². The van der Waals surface area contributed by atoms with Crippen molar-refractivity contribution in [2.45, 2.75) is 0 Å². The lowest BCUT2D eigenvalue weighted by Gasteiger charge is -2.00. The molecule has 0 atom stereocenters. The molecule has 1 rings (SSSR count). The first-order valence-corrected chi connectivity index (χ1v) is 9.71. The quantitative estimate of drug-likeness (QED) is 0.152. The van der Waals surface area contributed by atoms with Gasteiger partial charge in [-0.25, -0.2) is 0 Å². The molecule has 0 aliphatic carbocycles. The van der Waals surface area contributed by atoms with Gasteiger partial charge in [-0.15, -0.1) is 4.33 Å². The smallest absolute Gasteiger partial charge is 0.305 e. The average molecular weight is 417 g/mol. The van der Waals surface area contributed by atoms with Crippen molar-refractivity contribution in [3.63, 3.8) is 0 Å². The van der Waals surface area contributed by atoms with E-state index in [1.54, 1.807) is 19.2 Å². The van der Waals surface area contributed by atoms with Crippen LogP contribution in [0.5, 0.6) is 5.75 Å². The normalized spacial score (nSPS) is 9.12. The van der Waals surface area contributed by atoms with E-state index in [4.69, 9.17) is 24.5 Å². The highest BCUT2D eigenvalue weighted by Gasteiger charge is 1.92. The molecule has 0 bridgehead atoms. The van der Waals surface area contributed by atoms with Crippen molar-refractivity contribution < 1.29 is 37.7 Å². The zero-order chi connectivity index (χ0) is 19.0. The summed E-state index contributed by atoms with van der Waals surface area (Å²) in [6.07, 6.45) is 0. The van der Waals surface area contributed by atoms with E-state index in [2.05, 4.69) is 8.37 Å². The lowest BCUT2D eigenvalue weighted by molar-refractivity contribution is -0.119. The Bertz CT molecular complexity index is 355. The fourth-order valence-corrected chi connectivity index (χ4v) is 1.58. The van der Waals surface area contributed by atoms with Crippen molar-refractivity contribution in [2.24, 2.45) is 0 Å². The van der Waals surface area contributed by atoms with Crippen LogP contribution in [0.25, 0.3) is 0 Å². The molecular formula is C14H24O8S3. The third kappa shape index (κ3) is 25.7. The predicted octanol–water partition coefficient (Wildman–Crippen LogP) is 1.71. The van der Waals surface area contributed by atoms with E-state index < -0.39 is 0 Å². The molecule has 3 N–H and O–H groups in total. The van der Waals surface area contributed by atoms with Gasteiger partial charge in [0.15, 0.2) is 5.75 Å². The van der Waals surface area contributed by atoms with E-state index in [0.29, 0.717) is 29.5 Å². The van der Waals surface area contributed by atoms with Crippen LogP contribution in [0.4, 0.5) is 0 Å². The van der Waals surface area contributed by atoms with Crippen molar-refractivity contribution in [3.8, 4) is 5.75 Å². The Morgan fingerprint density at radius 1 is 0.920 bits per heavy atom. The minimum atomic E-state index is 0.0402. The third-order valence-electron chi connectivity index (χ3n) is 1.67. The molecule has 1 aromatic rings. The Morgan fingerprint density at radius 2 is 1.48 bits per heavy atom. The van der Waals surface area contributed by atoms with Crippen LogP contribution >= 0.6 is 36.1 Å². The van der Waals surface area contributed by atoms with Crippen molar-refractivity contribution in [3.05, 3.63) is 30.3 Å². The molecule has 146 valence electrons. The van der Waals surface area contributed by atoms with Gasteiger partial charge in [0.2, 0.25) is 0 Å². The van der Waals surface area contributed by atoms with Gasteiger partial charge in [0, 0.05) is 23.5 Å². The number of rotatable bonds is 12. The van der Waals surface area contributed by atoms with Gasteiger partial charge in [0.1, 0.15) is 0 Å². The number of carbonyl (C=O) groups excluding carboxylic acids is 1. The standard InChI is InChI=1S/C8H10O3S.C3H6O3S.C3H8O2S/c9-6-7-12-11-10-8-4-2-1-3-5-8;4-1-2-7-6-3-5;1-5-6-3-2-4/h1-5,9H,6-7H2;3-4H,1-2H2;4H,2-3H2,1H3. The molecule has 25 heavy (non-hydrogen) atoms. The summed E-state index contributed by atoms with van der Waals surface area (Å²) in [7, 11) is 1.58. The number of aliphatic hydroxyl groups is 3. The molecule has 11 heteroatoms. The van der Waals surface area contributed by atoms with Crippen LogP contribution in [0.3, 0.4) is 0 Å². The Hall–Kier alpha value is -0.660. The van der Waals surface area contributed by atoms with Crippen molar-refractivity contribution in [1.82, 2.24) is 0 Å². The fraction of sp³-hybridized carbons (Fsp3) is 0.500. The predicted molar refractivity (Wildman–Crippen MR) is 101 cm³/mol. The van der Waals surface area contributed by atoms with Crippen molar-refractivity contribution in [2.75, 3.05) is 44.2 Å². The molecule has 0 amide bonds. The largest absolute Gasteiger partial charge is 0.395 e. The first kappa shape index (κ1) is 26.6. The second-order valence-corrected chi connectivity index (χ2v) is 6.05. The van der Waals surface area contributed by atoms with Gasteiger partial charge in [-0.3, -0.25) is 4.79 Å². The second kappa shape index (κ2) is 25.6. The zero-order valence-corrected chi connectivity index (χ0v) is 16.3. The SMILES string of the molecule is COSCCO.O=COSCCO.OCCSOOc1ccccc1. The molecule has 0 aliphatic heterocycles. The molecular weight excluding hydrogens is 392 g/mol. The van der Waals surface area contributed by atoms with Gasteiger partial charge in [0.05, 0.1) is 44.7 Å². The number of aliphatic hydroxyl groups excluding tert-OH is 3. The van der Waals surface area contributed by atoms with Gasteiger partial charge < -0.3 is 28.6 Å². The van der Waals surface area contributed by atoms with Crippen LogP contribution < -0.4 is 4.89 Å². The summed E-state index contributed by atoms with van der Waals surface area (Å²) in [4.78, 5) is 14.2. The Labute approximate surface area is 160 Å². The highest BCUT2D eigenvalue weighted by atomic mass is 32.2. The molecule has 0 saturated heterocycles. The van der Waals surface area contributed by atoms with Crippen LogP contribution in [-0.2, 0) is 17.5 Å². The summed E-state index contributed by atoms with van der Waals surface area (Å²) in [5, 5.41) is 24.6. The van der Waals surface area contributed by atoms with E-state index in [1.165, 1.54) is 12.0 Å². The third-order valence-corrected chi connectivity index (χ3v) is 3.33. The van der Waals surface area contributed by atoms with Gasteiger partial charge in [-0.05, 0) is 24.2 Å². The Balaban J connectivity index is 0. The molecule has 0 fully saturated rings. The van der Waals surface area contributed by atoms with Crippen LogP contribution in [0.15, 0.2) is 30.3 Å². The molecule has 0 radical (unpaired) electrons. The molecule has 0 heterocycles. The highest BCUT2D eigenvalue weighted by Crippen LogP contribution is 2.12. The van der Waals surface area contributed by atoms with E-state index in [0.717, 1.165) is 24.1 Å². The van der Waals surface area contributed by atoms with Crippen LogP contribution in [0.2, 0.25) is 0 Å². The minimum Gasteiger partial charge on any atom is -0.395 e. The Morgan fingerprint density at radius 3 is 1.96 bits per heavy atom. The topological polar surface area (TPSA) is 115 Å². The van der Waals surface area contributed by atoms with E-state index in [-0.39, 0.29) is 19.8 Å². The van der Waals surface area contributed by atoms with E-state index in [9.17, 15) is 4.79 Å². The van der Waals surface area contributed by atoms with Gasteiger partial charge in [-0.1, -0.05) is 18.2 Å². The lowest BCUT2D eigenvalue weighted by Crippen LogP contribution is -1.92. The average Bonchev–Trinajstić information content (AvgIpc) is 2.66. The molecule has 1 aromatic carbocycles. The zero-order valence-electron chi connectivity index (χ0n) is 13.8. The molecule has 0 aromatic heterocycles. The summed E-state index contributed by atoms with van der Waals surface area (Å²) < 4.78 is 13.4. The summed E-state index contributed by atoms with van der Waals surface area (Å²) in [5.74, 6) is 2.27. The van der Waals surface area contributed by atoms with Gasteiger partial charge in [0.25, 0.3) is 0 Å². The lowest BCUT2D eigenvalue weighted by atomic mass is 10.3. The van der Waals surface area contributed by atoms with Crippen LogP contribution in [0, 0.1) is 0 Å². The van der Waals surface area contributed by atoms with Crippen molar-refractivity contribution in [1.29, 1.82) is 0 Å². The number of para-hydroxylation sites is 1.